The monoisotopic (exact) mass is 419 g/mol. The van der Waals surface area contributed by atoms with Crippen molar-refractivity contribution in [1.29, 1.82) is 0 Å². The molecule has 4 nitrogen and oxygen atoms in total. The van der Waals surface area contributed by atoms with Crippen molar-refractivity contribution in [1.82, 2.24) is 0 Å². The largest absolute Gasteiger partial charge is 0.507 e. The van der Waals surface area contributed by atoms with Gasteiger partial charge in [0.15, 0.2) is 0 Å². The van der Waals surface area contributed by atoms with E-state index >= 15 is 0 Å². The molecule has 0 atom stereocenters. The minimum absolute atomic E-state index is 0.0322. The number of anilines is 1. The third-order valence-electron chi connectivity index (χ3n) is 3.95. The van der Waals surface area contributed by atoms with Crippen LogP contribution in [0.2, 0.25) is 10.0 Å². The van der Waals surface area contributed by atoms with Crippen LogP contribution in [0, 0.1) is 5.82 Å². The van der Waals surface area contributed by atoms with E-state index in [1.165, 1.54) is 30.3 Å². The summed E-state index contributed by atoms with van der Waals surface area (Å²) in [5.41, 5.74) is 1.31. The Morgan fingerprint density at radius 3 is 2.43 bits per heavy atom. The Bertz CT molecular complexity index is 993. The Morgan fingerprint density at radius 2 is 1.68 bits per heavy atom. The summed E-state index contributed by atoms with van der Waals surface area (Å²) < 4.78 is 18.7. The van der Waals surface area contributed by atoms with E-state index in [0.717, 1.165) is 5.56 Å². The molecule has 0 aliphatic carbocycles. The highest BCUT2D eigenvalue weighted by molar-refractivity contribution is 6.31. The van der Waals surface area contributed by atoms with E-state index in [1.807, 2.05) is 0 Å². The summed E-state index contributed by atoms with van der Waals surface area (Å²) in [6, 6.07) is 15.2. The van der Waals surface area contributed by atoms with Gasteiger partial charge in [0, 0.05) is 16.5 Å². The van der Waals surface area contributed by atoms with Gasteiger partial charge < -0.3 is 15.2 Å². The molecule has 0 heterocycles. The number of hydrogen-bond acceptors (Lipinski definition) is 3. The standard InChI is InChI=1S/C21H16Cl2FNO3/c22-14-3-7-19(26)17(11-14)21(27)25-18-12-15(23)4-8-20(18)28-10-9-13-1-5-16(24)6-2-13/h1-8,11-12,26H,9-10H2,(H,25,27). The molecular weight excluding hydrogens is 404 g/mol. The second-order valence-electron chi connectivity index (χ2n) is 5.98. The van der Waals surface area contributed by atoms with Crippen molar-refractivity contribution in [3.63, 3.8) is 0 Å². The van der Waals surface area contributed by atoms with Crippen LogP contribution in [0.25, 0.3) is 0 Å². The number of rotatable bonds is 6. The summed E-state index contributed by atoms with van der Waals surface area (Å²) in [5, 5.41) is 13.3. The average molecular weight is 420 g/mol. The van der Waals surface area contributed by atoms with Crippen molar-refractivity contribution in [2.75, 3.05) is 11.9 Å². The first-order valence-corrected chi connectivity index (χ1v) is 9.14. The van der Waals surface area contributed by atoms with Crippen molar-refractivity contribution in [3.05, 3.63) is 87.7 Å². The summed E-state index contributed by atoms with van der Waals surface area (Å²) in [6.07, 6.45) is 0.561. The van der Waals surface area contributed by atoms with Gasteiger partial charge in [-0.05, 0) is 54.1 Å². The highest BCUT2D eigenvalue weighted by atomic mass is 35.5. The molecule has 0 saturated heterocycles. The van der Waals surface area contributed by atoms with Crippen LogP contribution >= 0.6 is 23.2 Å². The normalized spacial score (nSPS) is 10.5. The van der Waals surface area contributed by atoms with Crippen LogP contribution in [0.3, 0.4) is 0 Å². The number of hydrogen-bond donors (Lipinski definition) is 2. The number of carbonyl (C=O) groups excluding carboxylic acids is 1. The SMILES string of the molecule is O=C(Nc1cc(Cl)ccc1OCCc1ccc(F)cc1)c1cc(Cl)ccc1O. The van der Waals surface area contributed by atoms with Gasteiger partial charge in [-0.15, -0.1) is 0 Å². The van der Waals surface area contributed by atoms with Crippen molar-refractivity contribution in [2.24, 2.45) is 0 Å². The van der Waals surface area contributed by atoms with Crippen molar-refractivity contribution >= 4 is 34.8 Å². The molecule has 144 valence electrons. The Balaban J connectivity index is 1.72. The highest BCUT2D eigenvalue weighted by Crippen LogP contribution is 2.30. The number of carbonyl (C=O) groups is 1. The van der Waals surface area contributed by atoms with Gasteiger partial charge in [-0.2, -0.15) is 0 Å². The van der Waals surface area contributed by atoms with Gasteiger partial charge in [-0.3, -0.25) is 4.79 Å². The van der Waals surface area contributed by atoms with Crippen molar-refractivity contribution in [3.8, 4) is 11.5 Å². The fraction of sp³-hybridized carbons (Fsp3) is 0.0952. The predicted molar refractivity (Wildman–Crippen MR) is 108 cm³/mol. The van der Waals surface area contributed by atoms with E-state index < -0.39 is 5.91 Å². The van der Waals surface area contributed by atoms with E-state index in [0.29, 0.717) is 34.5 Å². The smallest absolute Gasteiger partial charge is 0.259 e. The lowest BCUT2D eigenvalue weighted by atomic mass is 10.1. The number of aromatic hydroxyl groups is 1. The molecule has 0 unspecified atom stereocenters. The van der Waals surface area contributed by atoms with Gasteiger partial charge in [0.05, 0.1) is 17.9 Å². The molecule has 1 amide bonds. The fourth-order valence-corrected chi connectivity index (χ4v) is 2.88. The summed E-state index contributed by atoms with van der Waals surface area (Å²) in [5.74, 6) is -0.619. The average Bonchev–Trinajstić information content (AvgIpc) is 2.67. The molecule has 0 bridgehead atoms. The molecule has 0 fully saturated rings. The first-order chi connectivity index (χ1) is 13.4. The van der Waals surface area contributed by atoms with Crippen LogP contribution in [0.1, 0.15) is 15.9 Å². The molecule has 3 rings (SSSR count). The maximum atomic E-state index is 13.0. The zero-order chi connectivity index (χ0) is 20.1. The maximum absolute atomic E-state index is 13.0. The van der Waals surface area contributed by atoms with Gasteiger partial charge in [0.1, 0.15) is 17.3 Å². The van der Waals surface area contributed by atoms with Crippen LogP contribution in [0.5, 0.6) is 11.5 Å². The minimum Gasteiger partial charge on any atom is -0.507 e. The van der Waals surface area contributed by atoms with Crippen molar-refractivity contribution in [2.45, 2.75) is 6.42 Å². The summed E-state index contributed by atoms with van der Waals surface area (Å²) >= 11 is 11.9. The zero-order valence-electron chi connectivity index (χ0n) is 14.6. The zero-order valence-corrected chi connectivity index (χ0v) is 16.1. The fourth-order valence-electron chi connectivity index (χ4n) is 2.54. The summed E-state index contributed by atoms with van der Waals surface area (Å²) in [7, 11) is 0. The van der Waals surface area contributed by atoms with E-state index in [9.17, 15) is 14.3 Å². The Kier molecular flexibility index (Phi) is 6.39. The maximum Gasteiger partial charge on any atom is 0.259 e. The van der Waals surface area contributed by atoms with E-state index in [-0.39, 0.29) is 17.1 Å². The van der Waals surface area contributed by atoms with Crippen LogP contribution in [-0.2, 0) is 6.42 Å². The van der Waals surface area contributed by atoms with E-state index in [1.54, 1.807) is 30.3 Å². The Hall–Kier alpha value is -2.76. The lowest BCUT2D eigenvalue weighted by Gasteiger charge is -2.14. The lowest BCUT2D eigenvalue weighted by molar-refractivity contribution is 0.102. The number of phenolic OH excluding ortho intramolecular Hbond substituents is 1. The molecule has 0 spiro atoms. The summed E-state index contributed by atoms with van der Waals surface area (Å²) in [4.78, 5) is 12.5. The molecule has 0 radical (unpaired) electrons. The molecule has 28 heavy (non-hydrogen) atoms. The van der Waals surface area contributed by atoms with Gasteiger partial charge in [0.2, 0.25) is 0 Å². The van der Waals surface area contributed by atoms with Gasteiger partial charge in [-0.25, -0.2) is 4.39 Å². The number of amides is 1. The molecule has 0 aliphatic rings. The van der Waals surface area contributed by atoms with E-state index in [2.05, 4.69) is 5.32 Å². The topological polar surface area (TPSA) is 58.6 Å². The van der Waals surface area contributed by atoms with Gasteiger partial charge in [-0.1, -0.05) is 35.3 Å². The lowest BCUT2D eigenvalue weighted by Crippen LogP contribution is -2.13. The molecule has 7 heteroatoms. The molecule has 3 aromatic carbocycles. The van der Waals surface area contributed by atoms with Crippen molar-refractivity contribution < 1.29 is 19.0 Å². The summed E-state index contributed by atoms with van der Waals surface area (Å²) in [6.45, 7) is 0.318. The van der Waals surface area contributed by atoms with Gasteiger partial charge >= 0.3 is 0 Å². The van der Waals surface area contributed by atoms with Crippen LogP contribution in [0.4, 0.5) is 10.1 Å². The quantitative estimate of drug-likeness (QED) is 0.537. The highest BCUT2D eigenvalue weighted by Gasteiger charge is 2.15. The Morgan fingerprint density at radius 1 is 1.00 bits per heavy atom. The van der Waals surface area contributed by atoms with E-state index in [4.69, 9.17) is 27.9 Å². The Labute approximate surface area is 171 Å². The third kappa shape index (κ3) is 5.15. The molecule has 2 N–H and O–H groups in total. The second kappa shape index (κ2) is 8.95. The molecule has 0 aromatic heterocycles. The number of phenols is 1. The number of benzene rings is 3. The first-order valence-electron chi connectivity index (χ1n) is 8.39. The van der Waals surface area contributed by atoms with Crippen LogP contribution in [-0.4, -0.2) is 17.6 Å². The second-order valence-corrected chi connectivity index (χ2v) is 6.85. The van der Waals surface area contributed by atoms with Crippen LogP contribution in [0.15, 0.2) is 60.7 Å². The van der Waals surface area contributed by atoms with Gasteiger partial charge in [0.25, 0.3) is 5.91 Å². The molecule has 3 aromatic rings. The minimum atomic E-state index is -0.550. The number of nitrogens with one attached hydrogen (secondary N) is 1. The first kappa shape index (κ1) is 20.0. The number of ether oxygens (including phenoxy) is 1. The third-order valence-corrected chi connectivity index (χ3v) is 4.42. The van der Waals surface area contributed by atoms with Crippen LogP contribution < -0.4 is 10.1 Å². The number of halogens is 3. The molecular formula is C21H16Cl2FNO3. The molecule has 0 saturated carbocycles. The molecule has 0 aliphatic heterocycles. The predicted octanol–water partition coefficient (Wildman–Crippen LogP) is 5.71.